The Hall–Kier alpha value is -0.930. The van der Waals surface area contributed by atoms with Crippen LogP contribution in [0.2, 0.25) is 0 Å². The van der Waals surface area contributed by atoms with E-state index in [0.29, 0.717) is 0 Å². The van der Waals surface area contributed by atoms with Crippen molar-refractivity contribution in [2.24, 2.45) is 10.8 Å². The van der Waals surface area contributed by atoms with Gasteiger partial charge in [0, 0.05) is 17.4 Å². The lowest BCUT2D eigenvalue weighted by Crippen LogP contribution is -2.31. The third-order valence-electron chi connectivity index (χ3n) is 3.98. The number of rotatable bonds is 3. The van der Waals surface area contributed by atoms with Crippen molar-refractivity contribution in [1.29, 1.82) is 0 Å². The van der Waals surface area contributed by atoms with Gasteiger partial charge in [-0.2, -0.15) is 0 Å². The Morgan fingerprint density at radius 1 is 1.14 bits per heavy atom. The number of hydrogen-bond acceptors (Lipinski definition) is 3. The van der Waals surface area contributed by atoms with Gasteiger partial charge in [-0.15, -0.1) is 0 Å². The zero-order valence-electron chi connectivity index (χ0n) is 14.1. The molecular weight excluding hydrogens is 280 g/mol. The van der Waals surface area contributed by atoms with Gasteiger partial charge in [-0.1, -0.05) is 58.5 Å². The second kappa shape index (κ2) is 5.69. The average molecular weight is 306 g/mol. The molecule has 2 nitrogen and oxygen atoms in total. The van der Waals surface area contributed by atoms with Crippen molar-refractivity contribution in [2.45, 2.75) is 40.1 Å². The molecule has 0 amide bonds. The molecular formula is C18H26O2S. The highest BCUT2D eigenvalue weighted by Gasteiger charge is 2.47. The predicted octanol–water partition coefficient (Wildman–Crippen LogP) is 5.20. The van der Waals surface area contributed by atoms with Crippen LogP contribution in [0.5, 0.6) is 5.75 Å². The van der Waals surface area contributed by atoms with Gasteiger partial charge in [0.2, 0.25) is 0 Å². The highest BCUT2D eigenvalue weighted by atomic mass is 32.2. The minimum Gasteiger partial charge on any atom is -0.497 e. The first-order valence-electron chi connectivity index (χ1n) is 7.31. The SMILES string of the molecule is COc1cccc(C2=C(C(C)(C)C)C(C)(C)C(OC)S2)c1. The van der Waals surface area contributed by atoms with Gasteiger partial charge in [-0.25, -0.2) is 0 Å². The summed E-state index contributed by atoms with van der Waals surface area (Å²) in [5, 5.41) is 0. The molecule has 21 heavy (non-hydrogen) atoms. The summed E-state index contributed by atoms with van der Waals surface area (Å²) in [6, 6.07) is 8.31. The van der Waals surface area contributed by atoms with Gasteiger partial charge < -0.3 is 9.47 Å². The van der Waals surface area contributed by atoms with E-state index >= 15 is 0 Å². The summed E-state index contributed by atoms with van der Waals surface area (Å²) in [5.41, 5.74) is 2.93. The zero-order chi connectivity index (χ0) is 15.8. The Morgan fingerprint density at radius 3 is 2.33 bits per heavy atom. The van der Waals surface area contributed by atoms with Crippen molar-refractivity contribution in [2.75, 3.05) is 14.2 Å². The molecule has 3 heteroatoms. The van der Waals surface area contributed by atoms with Gasteiger partial charge in [0.05, 0.1) is 7.11 Å². The van der Waals surface area contributed by atoms with E-state index < -0.39 is 0 Å². The van der Waals surface area contributed by atoms with E-state index in [-0.39, 0.29) is 16.3 Å². The molecule has 0 saturated carbocycles. The molecule has 0 aromatic heterocycles. The van der Waals surface area contributed by atoms with Crippen molar-refractivity contribution >= 4 is 16.7 Å². The minimum absolute atomic E-state index is 0.01000. The standard InChI is InChI=1S/C18H26O2S/c1-17(2,3)15-14(21-16(20-7)18(15,4)5)12-9-8-10-13(11-12)19-6/h8-11,16H,1-7H3. The van der Waals surface area contributed by atoms with E-state index in [0.717, 1.165) is 5.75 Å². The largest absolute Gasteiger partial charge is 0.497 e. The Bertz CT molecular complexity index is 553. The van der Waals surface area contributed by atoms with Crippen molar-refractivity contribution in [3.05, 3.63) is 35.4 Å². The molecule has 1 aromatic carbocycles. The summed E-state index contributed by atoms with van der Waals surface area (Å²) in [5.74, 6) is 0.896. The smallest absolute Gasteiger partial charge is 0.119 e. The predicted molar refractivity (Wildman–Crippen MR) is 91.5 cm³/mol. The molecule has 0 N–H and O–H groups in total. The molecule has 1 unspecified atom stereocenters. The Labute approximate surface area is 132 Å². The topological polar surface area (TPSA) is 18.5 Å². The van der Waals surface area contributed by atoms with Crippen molar-refractivity contribution in [3.8, 4) is 5.75 Å². The van der Waals surface area contributed by atoms with Crippen LogP contribution in [0, 0.1) is 10.8 Å². The molecule has 2 rings (SSSR count). The molecule has 0 saturated heterocycles. The number of thioether (sulfide) groups is 1. The maximum absolute atomic E-state index is 5.75. The third kappa shape index (κ3) is 3.00. The molecule has 1 atom stereocenters. The van der Waals surface area contributed by atoms with Gasteiger partial charge >= 0.3 is 0 Å². The molecule has 116 valence electrons. The maximum Gasteiger partial charge on any atom is 0.119 e. The van der Waals surface area contributed by atoms with Crippen LogP contribution < -0.4 is 4.74 Å². The van der Waals surface area contributed by atoms with Crippen LogP contribution in [0.3, 0.4) is 0 Å². The van der Waals surface area contributed by atoms with E-state index in [1.807, 2.05) is 17.8 Å². The van der Waals surface area contributed by atoms with Crippen LogP contribution in [-0.4, -0.2) is 19.7 Å². The Morgan fingerprint density at radius 2 is 1.81 bits per heavy atom. The van der Waals surface area contributed by atoms with Crippen molar-refractivity contribution in [3.63, 3.8) is 0 Å². The number of hydrogen-bond donors (Lipinski definition) is 0. The lowest BCUT2D eigenvalue weighted by molar-refractivity contribution is 0.0896. The van der Waals surface area contributed by atoms with E-state index in [1.54, 1.807) is 14.2 Å². The fraction of sp³-hybridized carbons (Fsp3) is 0.556. The first-order valence-corrected chi connectivity index (χ1v) is 8.19. The molecule has 1 aliphatic rings. The summed E-state index contributed by atoms with van der Waals surface area (Å²) in [7, 11) is 3.51. The van der Waals surface area contributed by atoms with E-state index in [9.17, 15) is 0 Å². The second-order valence-electron chi connectivity index (χ2n) is 7.09. The molecule has 0 bridgehead atoms. The molecule has 0 aliphatic carbocycles. The van der Waals surface area contributed by atoms with Crippen LogP contribution in [0.25, 0.3) is 4.91 Å². The quantitative estimate of drug-likeness (QED) is 0.765. The fourth-order valence-electron chi connectivity index (χ4n) is 3.35. The second-order valence-corrected chi connectivity index (χ2v) is 8.17. The zero-order valence-corrected chi connectivity index (χ0v) is 14.9. The van der Waals surface area contributed by atoms with Gasteiger partial charge in [0.15, 0.2) is 0 Å². The maximum atomic E-state index is 5.75. The fourth-order valence-corrected chi connectivity index (χ4v) is 5.02. The van der Waals surface area contributed by atoms with Gasteiger partial charge in [-0.05, 0) is 28.7 Å². The van der Waals surface area contributed by atoms with Gasteiger partial charge in [0.1, 0.15) is 11.2 Å². The van der Waals surface area contributed by atoms with Crippen molar-refractivity contribution in [1.82, 2.24) is 0 Å². The monoisotopic (exact) mass is 306 g/mol. The van der Waals surface area contributed by atoms with Crippen LogP contribution >= 0.6 is 11.8 Å². The molecule has 1 aromatic rings. The first-order chi connectivity index (χ1) is 9.71. The van der Waals surface area contributed by atoms with E-state index in [4.69, 9.17) is 9.47 Å². The minimum atomic E-state index is 0.01000. The third-order valence-corrected chi connectivity index (χ3v) is 5.65. The lowest BCUT2D eigenvalue weighted by Gasteiger charge is -2.35. The van der Waals surface area contributed by atoms with E-state index in [1.165, 1.54) is 16.0 Å². The highest BCUT2D eigenvalue weighted by Crippen LogP contribution is 2.59. The van der Waals surface area contributed by atoms with Crippen LogP contribution in [0.15, 0.2) is 29.8 Å². The van der Waals surface area contributed by atoms with Crippen molar-refractivity contribution < 1.29 is 9.47 Å². The molecule has 1 heterocycles. The highest BCUT2D eigenvalue weighted by molar-refractivity contribution is 8.09. The number of benzene rings is 1. The molecule has 0 fully saturated rings. The Balaban J connectivity index is 2.61. The van der Waals surface area contributed by atoms with Gasteiger partial charge in [0.25, 0.3) is 0 Å². The summed E-state index contributed by atoms with van der Waals surface area (Å²) in [6.07, 6.45) is 0. The normalized spacial score (nSPS) is 21.8. The average Bonchev–Trinajstić information content (AvgIpc) is 2.69. The van der Waals surface area contributed by atoms with E-state index in [2.05, 4.69) is 52.8 Å². The summed E-state index contributed by atoms with van der Waals surface area (Å²) < 4.78 is 11.1. The number of ether oxygens (including phenoxy) is 2. The Kier molecular flexibility index (Phi) is 4.46. The molecule has 1 aliphatic heterocycles. The van der Waals surface area contributed by atoms with Crippen LogP contribution in [0.4, 0.5) is 0 Å². The molecule has 0 spiro atoms. The van der Waals surface area contributed by atoms with Crippen LogP contribution in [0.1, 0.15) is 40.2 Å². The van der Waals surface area contributed by atoms with Gasteiger partial charge in [-0.3, -0.25) is 0 Å². The summed E-state index contributed by atoms with van der Waals surface area (Å²) in [4.78, 5) is 1.33. The number of methoxy groups -OCH3 is 2. The van der Waals surface area contributed by atoms with Crippen LogP contribution in [-0.2, 0) is 4.74 Å². The summed E-state index contributed by atoms with van der Waals surface area (Å²) in [6.45, 7) is 11.4. The first kappa shape index (κ1) is 16.4. The lowest BCUT2D eigenvalue weighted by atomic mass is 9.70. The summed E-state index contributed by atoms with van der Waals surface area (Å²) >= 11 is 1.83. The molecule has 0 radical (unpaired) electrons.